The molecule has 27 heavy (non-hydrogen) atoms. The van der Waals surface area contributed by atoms with Crippen LogP contribution in [-0.4, -0.2) is 32.8 Å². The van der Waals surface area contributed by atoms with Gasteiger partial charge in [-0.05, 0) is 81.5 Å². The molecule has 0 aromatic heterocycles. The molecule has 0 amide bonds. The van der Waals surface area contributed by atoms with E-state index in [4.69, 9.17) is 4.74 Å². The highest BCUT2D eigenvalue weighted by Crippen LogP contribution is 2.37. The number of nitrogens with zero attached hydrogens (tertiary/aromatic N) is 1. The number of ether oxygens (including phenoxy) is 1. The standard InChI is InChI=1S/C24H42N2O/c1-19(2)7-10-21(22-14-16-27-24(3,4)17-22)13-15-25-18-20-8-11-23(12-9-20)26(5)6/h8-9,11-12,19,21-22,25H,7,10,13-18H2,1-6H3. The van der Waals surface area contributed by atoms with Gasteiger partial charge in [0, 0.05) is 32.9 Å². The van der Waals surface area contributed by atoms with E-state index in [0.717, 1.165) is 37.5 Å². The summed E-state index contributed by atoms with van der Waals surface area (Å²) < 4.78 is 5.96. The average molecular weight is 375 g/mol. The summed E-state index contributed by atoms with van der Waals surface area (Å²) in [5, 5.41) is 3.68. The van der Waals surface area contributed by atoms with Gasteiger partial charge in [0.15, 0.2) is 0 Å². The first-order chi connectivity index (χ1) is 12.8. The van der Waals surface area contributed by atoms with Gasteiger partial charge < -0.3 is 15.0 Å². The van der Waals surface area contributed by atoms with Crippen LogP contribution in [-0.2, 0) is 11.3 Å². The van der Waals surface area contributed by atoms with Crippen molar-refractivity contribution in [1.29, 1.82) is 0 Å². The minimum Gasteiger partial charge on any atom is -0.378 e. The molecule has 1 aromatic carbocycles. The molecule has 1 aliphatic heterocycles. The van der Waals surface area contributed by atoms with Crippen LogP contribution in [0.1, 0.15) is 65.4 Å². The predicted octanol–water partition coefficient (Wildman–Crippen LogP) is 5.49. The third-order valence-electron chi connectivity index (χ3n) is 5.99. The minimum atomic E-state index is 0.0562. The van der Waals surface area contributed by atoms with Crippen LogP contribution < -0.4 is 10.2 Å². The summed E-state index contributed by atoms with van der Waals surface area (Å²) in [6, 6.07) is 8.87. The normalized spacial score (nSPS) is 20.6. The summed E-state index contributed by atoms with van der Waals surface area (Å²) in [6.45, 7) is 12.2. The van der Waals surface area contributed by atoms with Crippen molar-refractivity contribution in [1.82, 2.24) is 5.32 Å². The fourth-order valence-electron chi connectivity index (χ4n) is 4.28. The molecular formula is C24H42N2O. The molecule has 1 aliphatic rings. The van der Waals surface area contributed by atoms with Gasteiger partial charge in [0.1, 0.15) is 0 Å². The first kappa shape index (κ1) is 22.2. The lowest BCUT2D eigenvalue weighted by Crippen LogP contribution is -2.37. The van der Waals surface area contributed by atoms with Gasteiger partial charge in [-0.25, -0.2) is 0 Å². The Morgan fingerprint density at radius 2 is 1.81 bits per heavy atom. The van der Waals surface area contributed by atoms with Crippen LogP contribution in [0.4, 0.5) is 5.69 Å². The lowest BCUT2D eigenvalue weighted by Gasteiger charge is -2.39. The molecule has 2 rings (SSSR count). The van der Waals surface area contributed by atoms with Gasteiger partial charge >= 0.3 is 0 Å². The second-order valence-corrected chi connectivity index (χ2v) is 9.62. The van der Waals surface area contributed by atoms with Crippen LogP contribution in [0.25, 0.3) is 0 Å². The Hall–Kier alpha value is -1.06. The molecule has 2 unspecified atom stereocenters. The highest BCUT2D eigenvalue weighted by atomic mass is 16.5. The van der Waals surface area contributed by atoms with Crippen molar-refractivity contribution in [3.63, 3.8) is 0 Å². The van der Waals surface area contributed by atoms with Crippen LogP contribution in [0, 0.1) is 17.8 Å². The zero-order valence-corrected chi connectivity index (χ0v) is 18.6. The maximum Gasteiger partial charge on any atom is 0.0629 e. The van der Waals surface area contributed by atoms with Crippen molar-refractivity contribution >= 4 is 5.69 Å². The second-order valence-electron chi connectivity index (χ2n) is 9.62. The molecule has 3 nitrogen and oxygen atoms in total. The summed E-state index contributed by atoms with van der Waals surface area (Å²) in [5.41, 5.74) is 2.68. The topological polar surface area (TPSA) is 24.5 Å². The van der Waals surface area contributed by atoms with Crippen molar-refractivity contribution in [3.05, 3.63) is 29.8 Å². The summed E-state index contributed by atoms with van der Waals surface area (Å²) >= 11 is 0. The summed E-state index contributed by atoms with van der Waals surface area (Å²) in [5.74, 6) is 2.43. The second kappa shape index (κ2) is 10.5. The Labute approximate surface area is 167 Å². The Morgan fingerprint density at radius 1 is 1.11 bits per heavy atom. The van der Waals surface area contributed by atoms with Crippen molar-refractivity contribution < 1.29 is 4.74 Å². The van der Waals surface area contributed by atoms with Crippen LogP contribution in [0.2, 0.25) is 0 Å². The molecular weight excluding hydrogens is 332 g/mol. The van der Waals surface area contributed by atoms with Gasteiger partial charge in [0.25, 0.3) is 0 Å². The molecule has 2 atom stereocenters. The molecule has 154 valence electrons. The van der Waals surface area contributed by atoms with E-state index in [1.807, 2.05) is 0 Å². The Balaban J connectivity index is 1.82. The highest BCUT2D eigenvalue weighted by Gasteiger charge is 2.33. The molecule has 1 saturated heterocycles. The molecule has 0 spiro atoms. The Morgan fingerprint density at radius 3 is 2.41 bits per heavy atom. The molecule has 0 saturated carbocycles. The minimum absolute atomic E-state index is 0.0562. The van der Waals surface area contributed by atoms with Gasteiger partial charge in [0.05, 0.1) is 5.60 Å². The maximum absolute atomic E-state index is 5.96. The predicted molar refractivity (Wildman–Crippen MR) is 117 cm³/mol. The van der Waals surface area contributed by atoms with Gasteiger partial charge in [0.2, 0.25) is 0 Å². The summed E-state index contributed by atoms with van der Waals surface area (Å²) in [6.07, 6.45) is 6.43. The van der Waals surface area contributed by atoms with Crippen molar-refractivity contribution in [2.24, 2.45) is 17.8 Å². The van der Waals surface area contributed by atoms with E-state index in [1.165, 1.54) is 43.4 Å². The van der Waals surface area contributed by atoms with E-state index in [2.05, 4.69) is 76.3 Å². The van der Waals surface area contributed by atoms with Crippen LogP contribution in [0.3, 0.4) is 0 Å². The molecule has 1 heterocycles. The van der Waals surface area contributed by atoms with Gasteiger partial charge in [-0.15, -0.1) is 0 Å². The number of nitrogens with one attached hydrogen (secondary N) is 1. The van der Waals surface area contributed by atoms with Crippen molar-refractivity contribution in [2.75, 3.05) is 32.1 Å². The van der Waals surface area contributed by atoms with Gasteiger partial charge in [-0.3, -0.25) is 0 Å². The van der Waals surface area contributed by atoms with E-state index >= 15 is 0 Å². The Kier molecular flexibility index (Phi) is 8.62. The van der Waals surface area contributed by atoms with E-state index in [1.54, 1.807) is 0 Å². The largest absolute Gasteiger partial charge is 0.378 e. The lowest BCUT2D eigenvalue weighted by atomic mass is 9.75. The zero-order chi connectivity index (χ0) is 19.9. The molecule has 1 N–H and O–H groups in total. The smallest absolute Gasteiger partial charge is 0.0629 e. The number of hydrogen-bond acceptors (Lipinski definition) is 3. The third kappa shape index (κ3) is 7.83. The fourth-order valence-corrected chi connectivity index (χ4v) is 4.28. The van der Waals surface area contributed by atoms with Crippen LogP contribution in [0.15, 0.2) is 24.3 Å². The molecule has 0 bridgehead atoms. The van der Waals surface area contributed by atoms with Gasteiger partial charge in [-0.1, -0.05) is 32.4 Å². The van der Waals surface area contributed by atoms with E-state index in [-0.39, 0.29) is 5.60 Å². The monoisotopic (exact) mass is 374 g/mol. The SMILES string of the molecule is CC(C)CCC(CCNCc1ccc(N(C)C)cc1)C1CCOC(C)(C)C1. The quantitative estimate of drug-likeness (QED) is 0.548. The molecule has 3 heteroatoms. The van der Waals surface area contributed by atoms with E-state index < -0.39 is 0 Å². The number of benzene rings is 1. The molecule has 0 radical (unpaired) electrons. The van der Waals surface area contributed by atoms with E-state index in [9.17, 15) is 0 Å². The lowest BCUT2D eigenvalue weighted by molar-refractivity contribution is -0.0839. The molecule has 1 fully saturated rings. The van der Waals surface area contributed by atoms with Crippen LogP contribution >= 0.6 is 0 Å². The first-order valence-corrected chi connectivity index (χ1v) is 10.9. The number of rotatable bonds is 10. The van der Waals surface area contributed by atoms with Crippen molar-refractivity contribution in [2.45, 2.75) is 71.9 Å². The first-order valence-electron chi connectivity index (χ1n) is 10.9. The van der Waals surface area contributed by atoms with E-state index in [0.29, 0.717) is 0 Å². The molecule has 1 aromatic rings. The van der Waals surface area contributed by atoms with Crippen LogP contribution in [0.5, 0.6) is 0 Å². The third-order valence-corrected chi connectivity index (χ3v) is 5.99. The summed E-state index contributed by atoms with van der Waals surface area (Å²) in [4.78, 5) is 2.14. The Bertz CT molecular complexity index is 536. The average Bonchev–Trinajstić information content (AvgIpc) is 2.60. The number of hydrogen-bond donors (Lipinski definition) is 1. The molecule has 0 aliphatic carbocycles. The van der Waals surface area contributed by atoms with Gasteiger partial charge in [-0.2, -0.15) is 0 Å². The fraction of sp³-hybridized carbons (Fsp3) is 0.750. The summed E-state index contributed by atoms with van der Waals surface area (Å²) in [7, 11) is 4.17. The maximum atomic E-state index is 5.96. The van der Waals surface area contributed by atoms with Crippen molar-refractivity contribution in [3.8, 4) is 0 Å². The highest BCUT2D eigenvalue weighted by molar-refractivity contribution is 5.45. The zero-order valence-electron chi connectivity index (χ0n) is 18.6. The number of anilines is 1.